The van der Waals surface area contributed by atoms with Crippen LogP contribution in [0, 0.1) is 0 Å². The van der Waals surface area contributed by atoms with Crippen LogP contribution in [0.5, 0.6) is 5.88 Å². The first-order valence-electron chi connectivity index (χ1n) is 8.81. The number of hydrogen-bond acceptors (Lipinski definition) is 4. The standard InChI is InChI=1S/C19H24BrN3O3/c1-3-4-5-6-7-13(2)21-12-16-17(24)22-19(26)23(18(16)25)15-10-8-14(20)9-11-15/h8-13,25H,3-7H2,1-2H3,(H,22,24,26). The summed E-state index contributed by atoms with van der Waals surface area (Å²) in [5, 5.41) is 10.5. The molecule has 1 heterocycles. The first kappa shape index (κ1) is 20.2. The summed E-state index contributed by atoms with van der Waals surface area (Å²) in [4.78, 5) is 30.8. The average molecular weight is 422 g/mol. The number of halogens is 1. The molecule has 2 N–H and O–H groups in total. The summed E-state index contributed by atoms with van der Waals surface area (Å²) >= 11 is 3.32. The molecule has 2 rings (SSSR count). The lowest BCUT2D eigenvalue weighted by Gasteiger charge is -2.10. The molecule has 140 valence electrons. The fraction of sp³-hybridized carbons (Fsp3) is 0.421. The molecule has 6 nitrogen and oxygen atoms in total. The van der Waals surface area contributed by atoms with Crippen molar-refractivity contribution < 1.29 is 5.11 Å². The lowest BCUT2D eigenvalue weighted by Crippen LogP contribution is -2.31. The number of nitrogens with one attached hydrogen (secondary N) is 1. The van der Waals surface area contributed by atoms with Gasteiger partial charge in [0.25, 0.3) is 5.56 Å². The Bertz CT molecular complexity index is 869. The molecule has 0 aliphatic rings. The Labute approximate surface area is 160 Å². The van der Waals surface area contributed by atoms with Crippen molar-refractivity contribution in [1.29, 1.82) is 0 Å². The minimum absolute atomic E-state index is 0.0204. The van der Waals surface area contributed by atoms with Gasteiger partial charge in [0.1, 0.15) is 5.56 Å². The van der Waals surface area contributed by atoms with E-state index >= 15 is 0 Å². The van der Waals surface area contributed by atoms with Crippen molar-refractivity contribution in [3.05, 3.63) is 55.1 Å². The second kappa shape index (κ2) is 9.52. The molecule has 0 amide bonds. The largest absolute Gasteiger partial charge is 0.493 e. The van der Waals surface area contributed by atoms with Gasteiger partial charge in [-0.25, -0.2) is 9.36 Å². The normalized spacial score (nSPS) is 12.6. The number of benzene rings is 1. The van der Waals surface area contributed by atoms with E-state index in [1.54, 1.807) is 24.3 Å². The highest BCUT2D eigenvalue weighted by molar-refractivity contribution is 9.10. The lowest BCUT2D eigenvalue weighted by molar-refractivity contribution is 0.430. The Morgan fingerprint density at radius 1 is 1.23 bits per heavy atom. The highest BCUT2D eigenvalue weighted by Gasteiger charge is 2.14. The summed E-state index contributed by atoms with van der Waals surface area (Å²) in [6, 6.07) is 6.87. The van der Waals surface area contributed by atoms with E-state index in [0.29, 0.717) is 5.69 Å². The van der Waals surface area contributed by atoms with Gasteiger partial charge in [0.05, 0.1) is 5.69 Å². The first-order chi connectivity index (χ1) is 12.4. The summed E-state index contributed by atoms with van der Waals surface area (Å²) in [5.74, 6) is -0.414. The molecule has 1 unspecified atom stereocenters. The smallest absolute Gasteiger partial charge is 0.335 e. The van der Waals surface area contributed by atoms with Crippen molar-refractivity contribution in [2.45, 2.75) is 52.0 Å². The maximum absolute atomic E-state index is 12.1. The first-order valence-corrected chi connectivity index (χ1v) is 9.60. The molecule has 0 bridgehead atoms. The second-order valence-corrected chi connectivity index (χ2v) is 7.20. The van der Waals surface area contributed by atoms with Crippen LogP contribution >= 0.6 is 15.9 Å². The van der Waals surface area contributed by atoms with Gasteiger partial charge in [-0.05, 0) is 37.6 Å². The minimum Gasteiger partial charge on any atom is -0.493 e. The number of aromatic hydroxyl groups is 1. The van der Waals surface area contributed by atoms with E-state index in [4.69, 9.17) is 0 Å². The third-order valence-corrected chi connectivity index (χ3v) is 4.67. The molecule has 0 radical (unpaired) electrons. The molecular formula is C19H24BrN3O3. The number of rotatable bonds is 8. The molecular weight excluding hydrogens is 398 g/mol. The van der Waals surface area contributed by atoms with Gasteiger partial charge in [0.15, 0.2) is 0 Å². The monoisotopic (exact) mass is 421 g/mol. The number of hydrogen-bond donors (Lipinski definition) is 2. The molecule has 1 aromatic carbocycles. The van der Waals surface area contributed by atoms with Crippen LogP contribution in [0.1, 0.15) is 51.5 Å². The number of aromatic amines is 1. The van der Waals surface area contributed by atoms with Gasteiger partial charge in [-0.1, -0.05) is 48.5 Å². The fourth-order valence-electron chi connectivity index (χ4n) is 2.63. The number of unbranched alkanes of at least 4 members (excludes halogenated alkanes) is 3. The SMILES string of the molecule is CCCCCCC(C)N=Cc1c(O)n(-c2ccc(Br)cc2)c(=O)[nH]c1=O. The van der Waals surface area contributed by atoms with Gasteiger partial charge in [-0.2, -0.15) is 0 Å². The molecule has 0 saturated heterocycles. The topological polar surface area (TPSA) is 87.4 Å². The number of nitrogens with zero attached hydrogens (tertiary/aromatic N) is 2. The third kappa shape index (κ3) is 5.17. The lowest BCUT2D eigenvalue weighted by atomic mass is 10.1. The van der Waals surface area contributed by atoms with Gasteiger partial charge in [0.2, 0.25) is 5.88 Å². The summed E-state index contributed by atoms with van der Waals surface area (Å²) in [6.07, 6.45) is 6.90. The molecule has 0 saturated carbocycles. The van der Waals surface area contributed by atoms with Gasteiger partial charge in [-0.15, -0.1) is 0 Å². The van der Waals surface area contributed by atoms with E-state index < -0.39 is 17.1 Å². The van der Waals surface area contributed by atoms with Crippen LogP contribution in [0.15, 0.2) is 43.3 Å². The van der Waals surface area contributed by atoms with Crippen molar-refractivity contribution in [2.24, 2.45) is 4.99 Å². The van der Waals surface area contributed by atoms with Gasteiger partial charge in [0, 0.05) is 16.7 Å². The summed E-state index contributed by atoms with van der Waals surface area (Å²) < 4.78 is 1.90. The van der Waals surface area contributed by atoms with E-state index in [0.717, 1.165) is 28.3 Å². The van der Waals surface area contributed by atoms with E-state index in [2.05, 4.69) is 32.8 Å². The molecule has 0 aliphatic carbocycles. The predicted octanol–water partition coefficient (Wildman–Crippen LogP) is 3.77. The van der Waals surface area contributed by atoms with Crippen LogP contribution in [-0.2, 0) is 0 Å². The Kier molecular flexibility index (Phi) is 7.38. The van der Waals surface area contributed by atoms with E-state index in [1.807, 2.05) is 6.92 Å². The Morgan fingerprint density at radius 2 is 1.92 bits per heavy atom. The van der Waals surface area contributed by atoms with Crippen molar-refractivity contribution in [3.8, 4) is 11.6 Å². The molecule has 1 aromatic heterocycles. The van der Waals surface area contributed by atoms with Gasteiger partial charge >= 0.3 is 5.69 Å². The molecule has 26 heavy (non-hydrogen) atoms. The Morgan fingerprint density at radius 3 is 2.58 bits per heavy atom. The Hall–Kier alpha value is -2.15. The highest BCUT2D eigenvalue weighted by Crippen LogP contribution is 2.18. The van der Waals surface area contributed by atoms with Crippen LogP contribution in [0.2, 0.25) is 0 Å². The van der Waals surface area contributed by atoms with E-state index in [-0.39, 0.29) is 11.6 Å². The zero-order chi connectivity index (χ0) is 19.1. The molecule has 1 atom stereocenters. The minimum atomic E-state index is -0.695. The number of aliphatic imine (C=N–C) groups is 1. The third-order valence-electron chi connectivity index (χ3n) is 4.14. The molecule has 0 aliphatic heterocycles. The second-order valence-electron chi connectivity index (χ2n) is 6.28. The van der Waals surface area contributed by atoms with E-state index in [9.17, 15) is 14.7 Å². The Balaban J connectivity index is 2.28. The average Bonchev–Trinajstić information content (AvgIpc) is 2.60. The number of aromatic nitrogens is 2. The fourth-order valence-corrected chi connectivity index (χ4v) is 2.89. The van der Waals surface area contributed by atoms with Crippen molar-refractivity contribution in [1.82, 2.24) is 9.55 Å². The quantitative estimate of drug-likeness (QED) is 0.502. The molecule has 0 spiro atoms. The van der Waals surface area contributed by atoms with Crippen molar-refractivity contribution >= 4 is 22.1 Å². The van der Waals surface area contributed by atoms with Gasteiger partial charge in [-0.3, -0.25) is 14.8 Å². The summed E-state index contributed by atoms with van der Waals surface area (Å²) in [7, 11) is 0. The van der Waals surface area contributed by atoms with Crippen LogP contribution < -0.4 is 11.2 Å². The summed E-state index contributed by atoms with van der Waals surface area (Å²) in [6.45, 7) is 4.13. The van der Waals surface area contributed by atoms with Crippen LogP contribution in [0.3, 0.4) is 0 Å². The number of H-pyrrole nitrogens is 1. The molecule has 7 heteroatoms. The van der Waals surface area contributed by atoms with Crippen molar-refractivity contribution in [2.75, 3.05) is 0 Å². The molecule has 0 fully saturated rings. The molecule has 2 aromatic rings. The van der Waals surface area contributed by atoms with E-state index in [1.165, 1.54) is 19.1 Å². The summed E-state index contributed by atoms with van der Waals surface area (Å²) in [5.41, 5.74) is -0.912. The predicted molar refractivity (Wildman–Crippen MR) is 108 cm³/mol. The van der Waals surface area contributed by atoms with Crippen LogP contribution in [0.25, 0.3) is 5.69 Å². The van der Waals surface area contributed by atoms with Crippen LogP contribution in [0.4, 0.5) is 0 Å². The van der Waals surface area contributed by atoms with Crippen molar-refractivity contribution in [3.63, 3.8) is 0 Å². The zero-order valence-electron chi connectivity index (χ0n) is 15.0. The van der Waals surface area contributed by atoms with Crippen LogP contribution in [-0.4, -0.2) is 26.9 Å². The zero-order valence-corrected chi connectivity index (χ0v) is 16.6. The highest BCUT2D eigenvalue weighted by atomic mass is 79.9. The van der Waals surface area contributed by atoms with Gasteiger partial charge < -0.3 is 5.11 Å². The maximum Gasteiger partial charge on any atom is 0.335 e. The maximum atomic E-state index is 12.1.